The molecule has 5 nitrogen and oxygen atoms in total. The number of carbonyl (C=O) groups is 1. The second-order valence-electron chi connectivity index (χ2n) is 5.32. The van der Waals surface area contributed by atoms with Crippen LogP contribution in [0, 0.1) is 5.92 Å². The zero-order valence-electron chi connectivity index (χ0n) is 10.3. The third-order valence-electron chi connectivity index (χ3n) is 2.69. The lowest BCUT2D eigenvalue weighted by Crippen LogP contribution is -2.52. The second kappa shape index (κ2) is 5.01. The Hall–Kier alpha value is -0.810. The largest absolute Gasteiger partial charge is 0.444 e. The number of ether oxygens (including phenoxy) is 1. The molecule has 1 heterocycles. The van der Waals surface area contributed by atoms with Crippen LogP contribution in [-0.4, -0.2) is 47.4 Å². The number of amides is 1. The van der Waals surface area contributed by atoms with Gasteiger partial charge in [-0.15, -0.1) is 0 Å². The lowest BCUT2D eigenvalue weighted by molar-refractivity contribution is 0.0127. The van der Waals surface area contributed by atoms with E-state index in [1.165, 1.54) is 0 Å². The van der Waals surface area contributed by atoms with Gasteiger partial charge in [-0.25, -0.2) is 4.79 Å². The average Bonchev–Trinajstić information content (AvgIpc) is 2.15. The maximum atomic E-state index is 11.7. The van der Waals surface area contributed by atoms with Crippen LogP contribution in [0.4, 0.5) is 4.79 Å². The normalized spacial score (nSPS) is 26.7. The van der Waals surface area contributed by atoms with Gasteiger partial charge in [0.1, 0.15) is 5.60 Å². The minimum atomic E-state index is -0.477. The summed E-state index contributed by atoms with van der Waals surface area (Å²) < 4.78 is 5.26. The summed E-state index contributed by atoms with van der Waals surface area (Å²) in [6, 6.07) is -0.161. The van der Waals surface area contributed by atoms with Crippen molar-refractivity contribution < 1.29 is 14.6 Å². The molecule has 2 atom stereocenters. The fourth-order valence-electron chi connectivity index (χ4n) is 1.75. The van der Waals surface area contributed by atoms with Crippen molar-refractivity contribution in [1.82, 2.24) is 4.90 Å². The molecule has 0 aromatic rings. The highest BCUT2D eigenvalue weighted by atomic mass is 16.6. The number of aliphatic hydroxyl groups excluding tert-OH is 1. The lowest BCUT2D eigenvalue weighted by atomic mass is 9.93. The highest BCUT2D eigenvalue weighted by Crippen LogP contribution is 2.18. The Balaban J connectivity index is 2.48. The molecule has 0 bridgehead atoms. The average molecular weight is 230 g/mol. The number of aliphatic hydroxyl groups is 1. The first-order chi connectivity index (χ1) is 7.33. The van der Waals surface area contributed by atoms with Crippen LogP contribution in [0.2, 0.25) is 0 Å². The molecule has 94 valence electrons. The van der Waals surface area contributed by atoms with Crippen molar-refractivity contribution in [1.29, 1.82) is 0 Å². The van der Waals surface area contributed by atoms with E-state index < -0.39 is 5.60 Å². The standard InChI is InChI=1S/C11H22N2O3/c1-11(2,3)16-10(15)13-5-4-8(7-14)9(12)6-13/h8-9,14H,4-7,12H2,1-3H3/t8-,9-/m1/s1. The van der Waals surface area contributed by atoms with Crippen LogP contribution in [0.25, 0.3) is 0 Å². The van der Waals surface area contributed by atoms with E-state index in [0.29, 0.717) is 13.1 Å². The van der Waals surface area contributed by atoms with Crippen molar-refractivity contribution in [3.05, 3.63) is 0 Å². The third-order valence-corrected chi connectivity index (χ3v) is 2.69. The van der Waals surface area contributed by atoms with Crippen LogP contribution in [0.1, 0.15) is 27.2 Å². The van der Waals surface area contributed by atoms with Gasteiger partial charge in [0, 0.05) is 31.7 Å². The number of hydrogen-bond donors (Lipinski definition) is 2. The molecule has 0 aliphatic carbocycles. The number of rotatable bonds is 1. The molecule has 5 heteroatoms. The smallest absolute Gasteiger partial charge is 0.410 e. The molecule has 0 aromatic carbocycles. The maximum Gasteiger partial charge on any atom is 0.410 e. The van der Waals surface area contributed by atoms with Gasteiger partial charge in [-0.1, -0.05) is 0 Å². The van der Waals surface area contributed by atoms with Crippen LogP contribution in [0.5, 0.6) is 0 Å². The van der Waals surface area contributed by atoms with Crippen molar-refractivity contribution >= 4 is 6.09 Å². The molecule has 3 N–H and O–H groups in total. The Morgan fingerprint density at radius 2 is 2.19 bits per heavy atom. The van der Waals surface area contributed by atoms with E-state index >= 15 is 0 Å². The van der Waals surface area contributed by atoms with Crippen LogP contribution in [0.3, 0.4) is 0 Å². The van der Waals surface area contributed by atoms with Gasteiger partial charge in [-0.05, 0) is 27.2 Å². The molecule has 16 heavy (non-hydrogen) atoms. The van der Waals surface area contributed by atoms with Crippen LogP contribution in [-0.2, 0) is 4.74 Å². The number of hydrogen-bond acceptors (Lipinski definition) is 4. The minimum absolute atomic E-state index is 0.0866. The molecule has 1 rings (SSSR count). The topological polar surface area (TPSA) is 75.8 Å². The maximum absolute atomic E-state index is 11.7. The monoisotopic (exact) mass is 230 g/mol. The highest BCUT2D eigenvalue weighted by Gasteiger charge is 2.30. The van der Waals surface area contributed by atoms with Gasteiger partial charge in [0.2, 0.25) is 0 Å². The van der Waals surface area contributed by atoms with Crippen LogP contribution >= 0.6 is 0 Å². The number of nitrogens with two attached hydrogens (primary N) is 1. The Bertz CT molecular complexity index is 250. The van der Waals surface area contributed by atoms with E-state index in [9.17, 15) is 4.79 Å². The van der Waals surface area contributed by atoms with Gasteiger partial charge in [0.15, 0.2) is 0 Å². The van der Waals surface area contributed by atoms with Crippen molar-refractivity contribution in [3.63, 3.8) is 0 Å². The van der Waals surface area contributed by atoms with Gasteiger partial charge >= 0.3 is 6.09 Å². The quantitative estimate of drug-likeness (QED) is 0.690. The molecule has 0 radical (unpaired) electrons. The van der Waals surface area contributed by atoms with Crippen molar-refractivity contribution in [2.45, 2.75) is 38.8 Å². The summed E-state index contributed by atoms with van der Waals surface area (Å²) in [6.07, 6.45) is 0.413. The summed E-state index contributed by atoms with van der Waals surface area (Å²) in [4.78, 5) is 13.4. The molecule has 0 aromatic heterocycles. The summed E-state index contributed by atoms with van der Waals surface area (Å²) in [7, 11) is 0. The van der Waals surface area contributed by atoms with Gasteiger partial charge in [-0.3, -0.25) is 0 Å². The Morgan fingerprint density at radius 1 is 1.56 bits per heavy atom. The predicted molar refractivity (Wildman–Crippen MR) is 61.0 cm³/mol. The zero-order chi connectivity index (χ0) is 12.3. The van der Waals surface area contributed by atoms with Crippen LogP contribution < -0.4 is 5.73 Å². The molecule has 1 aliphatic rings. The van der Waals surface area contributed by atoms with Gasteiger partial charge < -0.3 is 20.5 Å². The van der Waals surface area contributed by atoms with E-state index in [1.54, 1.807) is 4.90 Å². The minimum Gasteiger partial charge on any atom is -0.444 e. The summed E-state index contributed by atoms with van der Waals surface area (Å²) in [5, 5.41) is 9.06. The molecule has 0 saturated carbocycles. The highest BCUT2D eigenvalue weighted by molar-refractivity contribution is 5.68. The molecular formula is C11H22N2O3. The number of nitrogens with zero attached hydrogens (tertiary/aromatic N) is 1. The summed E-state index contributed by atoms with van der Waals surface area (Å²) in [5.41, 5.74) is 5.39. The first kappa shape index (κ1) is 13.3. The summed E-state index contributed by atoms with van der Waals surface area (Å²) in [5.74, 6) is 0.0960. The zero-order valence-corrected chi connectivity index (χ0v) is 10.3. The Labute approximate surface area is 96.6 Å². The number of likely N-dealkylation sites (tertiary alicyclic amines) is 1. The van der Waals surface area contributed by atoms with Crippen LogP contribution in [0.15, 0.2) is 0 Å². The van der Waals surface area contributed by atoms with E-state index in [2.05, 4.69) is 0 Å². The SMILES string of the molecule is CC(C)(C)OC(=O)N1CC[C@H](CO)[C@H](N)C1. The molecule has 1 saturated heterocycles. The van der Waals surface area contributed by atoms with E-state index in [1.807, 2.05) is 20.8 Å². The number of piperidine rings is 1. The lowest BCUT2D eigenvalue weighted by Gasteiger charge is -2.36. The molecular weight excluding hydrogens is 208 g/mol. The fraction of sp³-hybridized carbons (Fsp3) is 0.909. The van der Waals surface area contributed by atoms with Gasteiger partial charge in [-0.2, -0.15) is 0 Å². The number of carbonyl (C=O) groups excluding carboxylic acids is 1. The second-order valence-corrected chi connectivity index (χ2v) is 5.32. The fourth-order valence-corrected chi connectivity index (χ4v) is 1.75. The molecule has 0 unspecified atom stereocenters. The molecule has 1 amide bonds. The first-order valence-electron chi connectivity index (χ1n) is 5.68. The Morgan fingerprint density at radius 3 is 2.62 bits per heavy atom. The van der Waals surface area contributed by atoms with Gasteiger partial charge in [0.05, 0.1) is 0 Å². The van der Waals surface area contributed by atoms with E-state index in [-0.39, 0.29) is 24.7 Å². The van der Waals surface area contributed by atoms with E-state index in [0.717, 1.165) is 6.42 Å². The molecule has 0 spiro atoms. The van der Waals surface area contributed by atoms with Crippen molar-refractivity contribution in [2.75, 3.05) is 19.7 Å². The van der Waals surface area contributed by atoms with Gasteiger partial charge in [0.25, 0.3) is 0 Å². The summed E-state index contributed by atoms with van der Waals surface area (Å²) >= 11 is 0. The van der Waals surface area contributed by atoms with E-state index in [4.69, 9.17) is 15.6 Å². The molecule has 1 aliphatic heterocycles. The third kappa shape index (κ3) is 3.64. The predicted octanol–water partition coefficient (Wildman–Crippen LogP) is 0.563. The summed E-state index contributed by atoms with van der Waals surface area (Å²) in [6.45, 7) is 6.67. The molecule has 1 fully saturated rings. The van der Waals surface area contributed by atoms with Crippen molar-refractivity contribution in [2.24, 2.45) is 11.7 Å². The Kier molecular flexibility index (Phi) is 4.15. The first-order valence-corrected chi connectivity index (χ1v) is 5.68. The van der Waals surface area contributed by atoms with Crippen molar-refractivity contribution in [3.8, 4) is 0 Å².